The van der Waals surface area contributed by atoms with Crippen molar-refractivity contribution in [3.63, 3.8) is 0 Å². The highest BCUT2D eigenvalue weighted by atomic mass is 35.5. The van der Waals surface area contributed by atoms with Gasteiger partial charge in [0.25, 0.3) is 0 Å². The maximum Gasteiger partial charge on any atom is 0.340 e. The van der Waals surface area contributed by atoms with E-state index >= 15 is 0 Å². The van der Waals surface area contributed by atoms with Crippen molar-refractivity contribution in [3.05, 3.63) is 69.8 Å². The topological polar surface area (TPSA) is 70.4 Å². The van der Waals surface area contributed by atoms with E-state index in [1.54, 1.807) is 30.3 Å². The summed E-state index contributed by atoms with van der Waals surface area (Å²) in [6.45, 7) is 6.35. The maximum absolute atomic E-state index is 12.9. The summed E-state index contributed by atoms with van der Waals surface area (Å²) in [5.41, 5.74) is 1.92. The van der Waals surface area contributed by atoms with Crippen molar-refractivity contribution in [2.45, 2.75) is 37.7 Å². The molecule has 3 rings (SSSR count). The van der Waals surface area contributed by atoms with Crippen molar-refractivity contribution in [3.8, 4) is 11.6 Å². The van der Waals surface area contributed by atoms with Crippen LogP contribution in [0, 0.1) is 0 Å². The Morgan fingerprint density at radius 3 is 2.23 bits per heavy atom. The standard InChI is InChI=1S/C21H22Cl2N2O4S/c1-21(2,3)14-5-8-17(9-6-14)30(26,27)29-20-11-15(13-28-4)24-25(20)16-7-10-18(22)19(23)12-16/h5-12H,13H2,1-4H3. The Labute approximate surface area is 186 Å². The molecule has 0 aliphatic heterocycles. The molecule has 0 amide bonds. The lowest BCUT2D eigenvalue weighted by Crippen LogP contribution is -2.14. The fourth-order valence-corrected chi connectivity index (χ4v) is 3.97. The summed E-state index contributed by atoms with van der Waals surface area (Å²) < 4.78 is 37.7. The smallest absolute Gasteiger partial charge is 0.340 e. The molecule has 6 nitrogen and oxygen atoms in total. The molecule has 9 heteroatoms. The molecule has 0 spiro atoms. The molecule has 0 saturated carbocycles. The second kappa shape index (κ2) is 8.59. The Morgan fingerprint density at radius 1 is 1.00 bits per heavy atom. The van der Waals surface area contributed by atoms with Crippen LogP contribution in [0.15, 0.2) is 53.4 Å². The molecular formula is C21H22Cl2N2O4S. The molecular weight excluding hydrogens is 447 g/mol. The Balaban J connectivity index is 1.99. The molecule has 0 atom stereocenters. The molecule has 0 unspecified atom stereocenters. The zero-order chi connectivity index (χ0) is 22.1. The van der Waals surface area contributed by atoms with E-state index < -0.39 is 10.1 Å². The molecule has 1 heterocycles. The fraction of sp³-hybridized carbons (Fsp3) is 0.286. The monoisotopic (exact) mass is 468 g/mol. The van der Waals surface area contributed by atoms with E-state index in [9.17, 15) is 8.42 Å². The average molecular weight is 469 g/mol. The number of methoxy groups -OCH3 is 1. The van der Waals surface area contributed by atoms with Crippen LogP contribution in [0.3, 0.4) is 0 Å². The zero-order valence-corrected chi connectivity index (χ0v) is 19.3. The molecule has 0 fully saturated rings. The molecule has 3 aromatic rings. The summed E-state index contributed by atoms with van der Waals surface area (Å²) in [6, 6.07) is 13.0. The van der Waals surface area contributed by atoms with Crippen molar-refractivity contribution in [1.82, 2.24) is 9.78 Å². The number of hydrogen-bond donors (Lipinski definition) is 0. The largest absolute Gasteiger partial charge is 0.378 e. The first kappa shape index (κ1) is 22.6. The van der Waals surface area contributed by atoms with Crippen molar-refractivity contribution in [1.29, 1.82) is 0 Å². The third kappa shape index (κ3) is 4.98. The molecule has 0 saturated heterocycles. The van der Waals surface area contributed by atoms with Crippen LogP contribution in [0.4, 0.5) is 0 Å². The summed E-state index contributed by atoms with van der Waals surface area (Å²) in [5, 5.41) is 5.05. The van der Waals surface area contributed by atoms with Gasteiger partial charge in [-0.25, -0.2) is 0 Å². The van der Waals surface area contributed by atoms with Gasteiger partial charge in [-0.3, -0.25) is 0 Å². The normalized spacial score (nSPS) is 12.2. The third-order valence-electron chi connectivity index (χ3n) is 4.37. The van der Waals surface area contributed by atoms with Gasteiger partial charge >= 0.3 is 10.1 Å². The number of nitrogens with zero attached hydrogens (tertiary/aromatic N) is 2. The minimum absolute atomic E-state index is 0.0142. The second-order valence-corrected chi connectivity index (χ2v) is 10.1. The number of hydrogen-bond acceptors (Lipinski definition) is 5. The summed E-state index contributed by atoms with van der Waals surface area (Å²) in [5.74, 6) is 0.0142. The molecule has 0 N–H and O–H groups in total. The first-order valence-corrected chi connectivity index (χ1v) is 11.3. The van der Waals surface area contributed by atoms with Gasteiger partial charge in [0.2, 0.25) is 5.88 Å². The van der Waals surface area contributed by atoms with E-state index in [1.807, 2.05) is 0 Å². The molecule has 2 aromatic carbocycles. The predicted molar refractivity (Wildman–Crippen MR) is 117 cm³/mol. The van der Waals surface area contributed by atoms with Crippen molar-refractivity contribution in [2.24, 2.45) is 0 Å². The third-order valence-corrected chi connectivity index (χ3v) is 6.35. The van der Waals surface area contributed by atoms with Gasteiger partial charge in [0, 0.05) is 13.2 Å². The van der Waals surface area contributed by atoms with Gasteiger partial charge in [0.1, 0.15) is 4.90 Å². The molecule has 160 valence electrons. The molecule has 0 bridgehead atoms. The van der Waals surface area contributed by atoms with E-state index in [1.165, 1.54) is 30.0 Å². The maximum atomic E-state index is 12.9. The van der Waals surface area contributed by atoms with Gasteiger partial charge in [-0.2, -0.15) is 18.2 Å². The molecule has 0 aliphatic carbocycles. The van der Waals surface area contributed by atoms with Crippen LogP contribution >= 0.6 is 23.2 Å². The fourth-order valence-electron chi connectivity index (χ4n) is 2.77. The van der Waals surface area contributed by atoms with Crippen LogP contribution in [-0.4, -0.2) is 25.3 Å². The lowest BCUT2D eigenvalue weighted by molar-refractivity contribution is 0.181. The molecule has 0 radical (unpaired) electrons. The highest BCUT2D eigenvalue weighted by Gasteiger charge is 2.23. The van der Waals surface area contributed by atoms with Crippen LogP contribution in [0.25, 0.3) is 5.69 Å². The zero-order valence-electron chi connectivity index (χ0n) is 17.0. The van der Waals surface area contributed by atoms with Gasteiger partial charge in [-0.05, 0) is 41.3 Å². The van der Waals surface area contributed by atoms with E-state index in [0.717, 1.165) is 5.56 Å². The highest BCUT2D eigenvalue weighted by Crippen LogP contribution is 2.29. The van der Waals surface area contributed by atoms with E-state index in [4.69, 9.17) is 32.1 Å². The number of ether oxygens (including phenoxy) is 1. The minimum atomic E-state index is -4.09. The molecule has 1 aromatic heterocycles. The van der Waals surface area contributed by atoms with Gasteiger partial charge < -0.3 is 8.92 Å². The van der Waals surface area contributed by atoms with E-state index in [2.05, 4.69) is 25.9 Å². The lowest BCUT2D eigenvalue weighted by atomic mass is 9.87. The minimum Gasteiger partial charge on any atom is -0.378 e. The quantitative estimate of drug-likeness (QED) is 0.453. The van der Waals surface area contributed by atoms with Crippen LogP contribution < -0.4 is 4.18 Å². The van der Waals surface area contributed by atoms with Crippen molar-refractivity contribution < 1.29 is 17.3 Å². The van der Waals surface area contributed by atoms with Gasteiger partial charge in [0.05, 0.1) is 28.0 Å². The first-order chi connectivity index (χ1) is 14.0. The Morgan fingerprint density at radius 2 is 1.67 bits per heavy atom. The van der Waals surface area contributed by atoms with Gasteiger partial charge in [-0.1, -0.05) is 56.1 Å². The summed E-state index contributed by atoms with van der Waals surface area (Å²) in [4.78, 5) is 0.0469. The first-order valence-electron chi connectivity index (χ1n) is 9.09. The highest BCUT2D eigenvalue weighted by molar-refractivity contribution is 7.87. The van der Waals surface area contributed by atoms with E-state index in [-0.39, 0.29) is 22.8 Å². The average Bonchev–Trinajstić information content (AvgIpc) is 3.05. The van der Waals surface area contributed by atoms with Crippen LogP contribution in [0.2, 0.25) is 10.0 Å². The van der Waals surface area contributed by atoms with Crippen molar-refractivity contribution in [2.75, 3.05) is 7.11 Å². The summed E-state index contributed by atoms with van der Waals surface area (Å²) in [6.07, 6.45) is 0. The second-order valence-electron chi connectivity index (χ2n) is 7.73. The SMILES string of the molecule is COCc1cc(OS(=O)(=O)c2ccc(C(C)(C)C)cc2)n(-c2ccc(Cl)c(Cl)c2)n1. The Hall–Kier alpha value is -2.06. The number of benzene rings is 2. The number of halogens is 2. The van der Waals surface area contributed by atoms with Crippen LogP contribution in [0.5, 0.6) is 5.88 Å². The summed E-state index contributed by atoms with van der Waals surface area (Å²) in [7, 11) is -2.57. The Bertz CT molecular complexity index is 1150. The van der Waals surface area contributed by atoms with Crippen molar-refractivity contribution >= 4 is 33.3 Å². The summed E-state index contributed by atoms with van der Waals surface area (Å²) >= 11 is 12.1. The van der Waals surface area contributed by atoms with Gasteiger partial charge in [0.15, 0.2) is 0 Å². The number of rotatable bonds is 6. The van der Waals surface area contributed by atoms with E-state index in [0.29, 0.717) is 21.4 Å². The van der Waals surface area contributed by atoms with Crippen LogP contribution in [-0.2, 0) is 26.9 Å². The Kier molecular flexibility index (Phi) is 6.48. The number of aromatic nitrogens is 2. The molecule has 30 heavy (non-hydrogen) atoms. The lowest BCUT2D eigenvalue weighted by Gasteiger charge is -2.19. The van der Waals surface area contributed by atoms with Crippen LogP contribution in [0.1, 0.15) is 32.0 Å². The predicted octanol–water partition coefficient (Wildman–Crippen LogP) is 5.39. The van der Waals surface area contributed by atoms with Gasteiger partial charge in [-0.15, -0.1) is 0 Å². The molecule has 0 aliphatic rings.